The van der Waals surface area contributed by atoms with Crippen LogP contribution in [-0.4, -0.2) is 32.4 Å². The first-order valence-corrected chi connectivity index (χ1v) is 5.43. The summed E-state index contributed by atoms with van der Waals surface area (Å²) in [6, 6.07) is 2.80. The third-order valence-electron chi connectivity index (χ3n) is 3.14. The smallest absolute Gasteiger partial charge is 0.327 e. The summed E-state index contributed by atoms with van der Waals surface area (Å²) >= 11 is 0. The van der Waals surface area contributed by atoms with Gasteiger partial charge in [-0.2, -0.15) is 9.37 Å². The fourth-order valence-corrected chi connectivity index (χ4v) is 2.13. The average molecular weight is 268 g/mol. The molecule has 100 valence electrons. The van der Waals surface area contributed by atoms with Gasteiger partial charge in [0.2, 0.25) is 5.67 Å². The number of nitrogens with zero attached hydrogens (tertiary/aromatic N) is 3. The predicted molar refractivity (Wildman–Crippen MR) is 61.2 cm³/mol. The SMILES string of the molecule is C=C1OC[C@@](F)(c2ccc3c(N)nc(F)nn23)[C@@H]1O. The van der Waals surface area contributed by atoms with Crippen molar-refractivity contribution in [3.8, 4) is 0 Å². The number of nitrogens with two attached hydrogens (primary N) is 1. The summed E-state index contributed by atoms with van der Waals surface area (Å²) in [6.45, 7) is 2.98. The lowest BCUT2D eigenvalue weighted by Crippen LogP contribution is -2.34. The second-order valence-corrected chi connectivity index (χ2v) is 4.30. The third-order valence-corrected chi connectivity index (χ3v) is 3.14. The number of rotatable bonds is 1. The molecule has 0 radical (unpaired) electrons. The van der Waals surface area contributed by atoms with Crippen LogP contribution in [0.5, 0.6) is 0 Å². The summed E-state index contributed by atoms with van der Waals surface area (Å²) in [4.78, 5) is 3.34. The molecule has 0 aromatic carbocycles. The first kappa shape index (κ1) is 11.8. The molecule has 6 nitrogen and oxygen atoms in total. The number of aliphatic hydroxyl groups is 1. The molecule has 0 spiro atoms. The van der Waals surface area contributed by atoms with E-state index in [0.29, 0.717) is 0 Å². The first-order valence-electron chi connectivity index (χ1n) is 5.43. The molecule has 0 saturated carbocycles. The van der Waals surface area contributed by atoms with Crippen molar-refractivity contribution in [3.05, 3.63) is 36.2 Å². The number of halogens is 2. The highest BCUT2D eigenvalue weighted by Crippen LogP contribution is 2.40. The lowest BCUT2D eigenvalue weighted by molar-refractivity contribution is 0.0286. The highest BCUT2D eigenvalue weighted by atomic mass is 19.1. The van der Waals surface area contributed by atoms with Crippen LogP contribution in [0.2, 0.25) is 0 Å². The second-order valence-electron chi connectivity index (χ2n) is 4.30. The van der Waals surface area contributed by atoms with Crippen LogP contribution in [0, 0.1) is 6.08 Å². The topological polar surface area (TPSA) is 85.7 Å². The standard InChI is InChI=1S/C11H10F2N4O2/c1-5-8(18)11(13,4-19-5)7-3-2-6-9(14)15-10(12)16-17(6)7/h2-3,8,18H,1,4H2,(H2,14,15,16)/t8-,11-/m1/s1. The van der Waals surface area contributed by atoms with Crippen molar-refractivity contribution in [2.45, 2.75) is 11.8 Å². The van der Waals surface area contributed by atoms with Crippen LogP contribution in [0.4, 0.5) is 14.6 Å². The van der Waals surface area contributed by atoms with E-state index in [9.17, 15) is 13.9 Å². The van der Waals surface area contributed by atoms with Gasteiger partial charge in [-0.3, -0.25) is 0 Å². The van der Waals surface area contributed by atoms with Crippen molar-refractivity contribution in [1.82, 2.24) is 14.6 Å². The molecule has 2 atom stereocenters. The van der Waals surface area contributed by atoms with Gasteiger partial charge in [0.1, 0.15) is 17.9 Å². The number of anilines is 1. The van der Waals surface area contributed by atoms with Crippen molar-refractivity contribution < 1.29 is 18.6 Å². The van der Waals surface area contributed by atoms with Gasteiger partial charge in [0, 0.05) is 0 Å². The fourth-order valence-electron chi connectivity index (χ4n) is 2.13. The van der Waals surface area contributed by atoms with Gasteiger partial charge in [-0.25, -0.2) is 8.91 Å². The number of hydrogen-bond acceptors (Lipinski definition) is 5. The van der Waals surface area contributed by atoms with Crippen molar-refractivity contribution >= 4 is 11.3 Å². The van der Waals surface area contributed by atoms with Crippen molar-refractivity contribution in [2.75, 3.05) is 12.3 Å². The van der Waals surface area contributed by atoms with E-state index in [1.807, 2.05) is 0 Å². The summed E-state index contributed by atoms with van der Waals surface area (Å²) in [5.41, 5.74) is 3.46. The van der Waals surface area contributed by atoms with E-state index in [1.165, 1.54) is 12.1 Å². The predicted octanol–water partition coefficient (Wildman–Crippen LogP) is 0.520. The number of aliphatic hydroxyl groups excluding tert-OH is 1. The van der Waals surface area contributed by atoms with Crippen LogP contribution >= 0.6 is 0 Å². The van der Waals surface area contributed by atoms with E-state index < -0.39 is 24.5 Å². The largest absolute Gasteiger partial charge is 0.492 e. The Morgan fingerprint density at radius 1 is 1.58 bits per heavy atom. The Kier molecular flexibility index (Phi) is 2.27. The molecule has 0 unspecified atom stereocenters. The number of nitrogen functional groups attached to an aromatic ring is 1. The quantitative estimate of drug-likeness (QED) is 0.787. The van der Waals surface area contributed by atoms with Crippen molar-refractivity contribution in [3.63, 3.8) is 0 Å². The Bertz CT molecular complexity index is 687. The molecular formula is C11H10F2N4O2. The molecule has 1 saturated heterocycles. The molecule has 3 rings (SSSR count). The minimum Gasteiger partial charge on any atom is -0.492 e. The van der Waals surface area contributed by atoms with E-state index >= 15 is 0 Å². The van der Waals surface area contributed by atoms with Crippen LogP contribution in [0.3, 0.4) is 0 Å². The minimum absolute atomic E-state index is 0.0679. The van der Waals surface area contributed by atoms with Crippen LogP contribution in [0.1, 0.15) is 5.69 Å². The van der Waals surface area contributed by atoms with Gasteiger partial charge in [-0.05, 0) is 12.1 Å². The molecule has 3 heterocycles. The number of alkyl halides is 1. The highest BCUT2D eigenvalue weighted by Gasteiger charge is 2.50. The fraction of sp³-hybridized carbons (Fsp3) is 0.273. The highest BCUT2D eigenvalue weighted by molar-refractivity contribution is 5.65. The maximum atomic E-state index is 14.8. The Balaban J connectivity index is 2.24. The zero-order valence-corrected chi connectivity index (χ0v) is 9.68. The average Bonchev–Trinajstić information content (AvgIpc) is 2.88. The third kappa shape index (κ3) is 1.49. The van der Waals surface area contributed by atoms with Gasteiger partial charge < -0.3 is 15.6 Å². The van der Waals surface area contributed by atoms with E-state index in [2.05, 4.69) is 16.7 Å². The molecular weight excluding hydrogens is 258 g/mol. The van der Waals surface area contributed by atoms with E-state index in [0.717, 1.165) is 4.52 Å². The van der Waals surface area contributed by atoms with E-state index in [4.69, 9.17) is 10.5 Å². The summed E-state index contributed by atoms with van der Waals surface area (Å²) in [5.74, 6) is -0.200. The molecule has 1 fully saturated rings. The second kappa shape index (κ2) is 3.64. The Morgan fingerprint density at radius 3 is 2.95 bits per heavy atom. The maximum Gasteiger partial charge on any atom is 0.327 e. The summed E-state index contributed by atoms with van der Waals surface area (Å²) < 4.78 is 33.9. The van der Waals surface area contributed by atoms with Gasteiger partial charge in [0.05, 0.1) is 5.69 Å². The molecule has 2 aromatic rings. The Morgan fingerprint density at radius 2 is 2.32 bits per heavy atom. The molecule has 1 aliphatic rings. The summed E-state index contributed by atoms with van der Waals surface area (Å²) in [7, 11) is 0. The van der Waals surface area contributed by atoms with Crippen LogP contribution in [-0.2, 0) is 10.4 Å². The Hall–Kier alpha value is -2.22. The number of fused-ring (bicyclic) bond motifs is 1. The van der Waals surface area contributed by atoms with Crippen LogP contribution in [0.25, 0.3) is 5.52 Å². The molecule has 0 amide bonds. The van der Waals surface area contributed by atoms with Crippen molar-refractivity contribution in [2.24, 2.45) is 0 Å². The molecule has 2 aromatic heterocycles. The van der Waals surface area contributed by atoms with Gasteiger partial charge >= 0.3 is 6.08 Å². The summed E-state index contributed by atoms with van der Waals surface area (Å²) in [5, 5.41) is 13.3. The zero-order valence-electron chi connectivity index (χ0n) is 9.68. The van der Waals surface area contributed by atoms with Gasteiger partial charge in [0.25, 0.3) is 0 Å². The molecule has 1 aliphatic heterocycles. The zero-order chi connectivity index (χ0) is 13.8. The molecule has 0 bridgehead atoms. The molecule has 8 heteroatoms. The van der Waals surface area contributed by atoms with E-state index in [1.54, 1.807) is 0 Å². The Labute approximate surface area is 106 Å². The first-order chi connectivity index (χ1) is 8.93. The summed E-state index contributed by atoms with van der Waals surface area (Å²) in [6.07, 6.45) is -2.64. The van der Waals surface area contributed by atoms with Gasteiger partial charge in [-0.1, -0.05) is 6.58 Å². The molecule has 3 N–H and O–H groups in total. The monoisotopic (exact) mass is 268 g/mol. The van der Waals surface area contributed by atoms with E-state index in [-0.39, 0.29) is 22.8 Å². The molecule has 0 aliphatic carbocycles. The van der Waals surface area contributed by atoms with Gasteiger partial charge in [0.15, 0.2) is 11.9 Å². The molecule has 19 heavy (non-hydrogen) atoms. The number of hydrogen-bond donors (Lipinski definition) is 2. The van der Waals surface area contributed by atoms with Crippen LogP contribution in [0.15, 0.2) is 24.5 Å². The van der Waals surface area contributed by atoms with Crippen molar-refractivity contribution in [1.29, 1.82) is 0 Å². The maximum absolute atomic E-state index is 14.8. The normalized spacial score (nSPS) is 26.9. The number of ether oxygens (including phenoxy) is 1. The lowest BCUT2D eigenvalue weighted by atomic mass is 9.97. The van der Waals surface area contributed by atoms with Crippen LogP contribution < -0.4 is 5.73 Å². The lowest BCUT2D eigenvalue weighted by Gasteiger charge is -2.20. The number of aromatic nitrogens is 3. The van der Waals surface area contributed by atoms with Gasteiger partial charge in [-0.15, -0.1) is 5.10 Å². The minimum atomic E-state index is -2.25.